The Labute approximate surface area is 96.2 Å². The molecule has 4 heteroatoms. The van der Waals surface area contributed by atoms with Gasteiger partial charge < -0.3 is 14.6 Å². The Bertz CT molecular complexity index is 347. The third-order valence-corrected chi connectivity index (χ3v) is 2.17. The lowest BCUT2D eigenvalue weighted by atomic mass is 10.4. The van der Waals surface area contributed by atoms with E-state index in [0.29, 0.717) is 25.8 Å². The van der Waals surface area contributed by atoms with Gasteiger partial charge in [0.05, 0.1) is 13.2 Å². The van der Waals surface area contributed by atoms with Crippen molar-refractivity contribution in [2.24, 2.45) is 0 Å². The van der Waals surface area contributed by atoms with Crippen LogP contribution in [0.25, 0.3) is 0 Å². The first-order chi connectivity index (χ1) is 7.70. The number of ether oxygens (including phenoxy) is 1. The van der Waals surface area contributed by atoms with Crippen molar-refractivity contribution in [2.45, 2.75) is 26.4 Å². The Hall–Kier alpha value is -1.13. The Balaban J connectivity index is 2.12. The molecule has 1 aromatic rings. The summed E-state index contributed by atoms with van der Waals surface area (Å²) in [6, 6.07) is 5.63. The van der Waals surface area contributed by atoms with Crippen molar-refractivity contribution in [3.63, 3.8) is 0 Å². The largest absolute Gasteiger partial charge is 0.378 e. The molecule has 0 saturated heterocycles. The summed E-state index contributed by atoms with van der Waals surface area (Å²) in [6.07, 6.45) is 1.78. The second-order valence-electron chi connectivity index (χ2n) is 3.95. The van der Waals surface area contributed by atoms with E-state index in [-0.39, 0.29) is 5.56 Å². The molecule has 1 N–H and O–H groups in total. The summed E-state index contributed by atoms with van der Waals surface area (Å²) in [4.78, 5) is 11.3. The highest BCUT2D eigenvalue weighted by Crippen LogP contribution is 1.84. The van der Waals surface area contributed by atoms with Crippen molar-refractivity contribution < 1.29 is 4.74 Å². The highest BCUT2D eigenvalue weighted by molar-refractivity contribution is 4.92. The predicted molar refractivity (Wildman–Crippen MR) is 64.7 cm³/mol. The summed E-state index contributed by atoms with van der Waals surface area (Å²) in [5.41, 5.74) is 0.0198. The van der Waals surface area contributed by atoms with Crippen LogP contribution in [0.4, 0.5) is 0 Å². The van der Waals surface area contributed by atoms with E-state index in [4.69, 9.17) is 4.74 Å². The summed E-state index contributed by atoms with van der Waals surface area (Å²) in [7, 11) is 0. The summed E-state index contributed by atoms with van der Waals surface area (Å²) in [5.74, 6) is 0. The summed E-state index contributed by atoms with van der Waals surface area (Å²) < 4.78 is 7.07. The molecule has 4 nitrogen and oxygen atoms in total. The lowest BCUT2D eigenvalue weighted by Crippen LogP contribution is -2.27. The maximum Gasteiger partial charge on any atom is 0.250 e. The smallest absolute Gasteiger partial charge is 0.250 e. The minimum absolute atomic E-state index is 0.0198. The second kappa shape index (κ2) is 7.19. The van der Waals surface area contributed by atoms with Crippen LogP contribution in [-0.2, 0) is 11.3 Å². The van der Waals surface area contributed by atoms with Gasteiger partial charge in [0.1, 0.15) is 0 Å². The minimum Gasteiger partial charge on any atom is -0.378 e. The van der Waals surface area contributed by atoms with E-state index in [1.807, 2.05) is 6.07 Å². The molecule has 0 radical (unpaired) electrons. The van der Waals surface area contributed by atoms with E-state index >= 15 is 0 Å². The van der Waals surface area contributed by atoms with Crippen molar-refractivity contribution in [1.29, 1.82) is 0 Å². The molecule has 1 aromatic heterocycles. The van der Waals surface area contributed by atoms with Crippen LogP contribution in [0.5, 0.6) is 0 Å². The molecular weight excluding hydrogens is 204 g/mol. The minimum atomic E-state index is 0.0198. The van der Waals surface area contributed by atoms with Gasteiger partial charge in [-0.3, -0.25) is 4.79 Å². The molecule has 0 aliphatic carbocycles. The standard InChI is InChI=1S/C12H20N2O2/c1-11(2)13-6-9-16-10-8-14-7-4-3-5-12(14)15/h3-5,7,11,13H,6,8-10H2,1-2H3. The predicted octanol–water partition coefficient (Wildman–Crippen LogP) is 0.863. The average molecular weight is 224 g/mol. The van der Waals surface area contributed by atoms with Crippen molar-refractivity contribution >= 4 is 0 Å². The summed E-state index contributed by atoms with van der Waals surface area (Å²) >= 11 is 0. The van der Waals surface area contributed by atoms with E-state index in [9.17, 15) is 4.79 Å². The molecule has 0 saturated carbocycles. The molecule has 0 spiro atoms. The third-order valence-electron chi connectivity index (χ3n) is 2.17. The first-order valence-corrected chi connectivity index (χ1v) is 5.67. The third kappa shape index (κ3) is 5.09. The van der Waals surface area contributed by atoms with Gasteiger partial charge in [0.15, 0.2) is 0 Å². The number of pyridine rings is 1. The monoisotopic (exact) mass is 224 g/mol. The van der Waals surface area contributed by atoms with Gasteiger partial charge in [-0.15, -0.1) is 0 Å². The molecule has 0 unspecified atom stereocenters. The molecule has 0 aliphatic rings. The fourth-order valence-electron chi connectivity index (χ4n) is 1.33. The van der Waals surface area contributed by atoms with Gasteiger partial charge in [-0.25, -0.2) is 0 Å². The summed E-state index contributed by atoms with van der Waals surface area (Å²) in [5, 5.41) is 3.26. The van der Waals surface area contributed by atoms with E-state index < -0.39 is 0 Å². The van der Waals surface area contributed by atoms with Crippen molar-refractivity contribution in [2.75, 3.05) is 19.8 Å². The van der Waals surface area contributed by atoms with E-state index in [1.165, 1.54) is 0 Å². The first kappa shape index (κ1) is 12.9. The number of aromatic nitrogens is 1. The molecular formula is C12H20N2O2. The van der Waals surface area contributed by atoms with Crippen molar-refractivity contribution in [1.82, 2.24) is 9.88 Å². The Morgan fingerprint density at radius 3 is 2.88 bits per heavy atom. The fourth-order valence-corrected chi connectivity index (χ4v) is 1.33. The first-order valence-electron chi connectivity index (χ1n) is 5.67. The molecule has 16 heavy (non-hydrogen) atoms. The molecule has 1 rings (SSSR count). The van der Waals surface area contributed by atoms with Gasteiger partial charge in [0, 0.05) is 31.4 Å². The van der Waals surface area contributed by atoms with E-state index in [0.717, 1.165) is 6.54 Å². The van der Waals surface area contributed by atoms with Gasteiger partial charge in [0.25, 0.3) is 5.56 Å². The number of hydrogen-bond acceptors (Lipinski definition) is 3. The Morgan fingerprint density at radius 2 is 2.19 bits per heavy atom. The molecule has 90 valence electrons. The van der Waals surface area contributed by atoms with Crippen molar-refractivity contribution in [3.05, 3.63) is 34.7 Å². The molecule has 0 aromatic carbocycles. The summed E-state index contributed by atoms with van der Waals surface area (Å²) in [6.45, 7) is 6.92. The maximum absolute atomic E-state index is 11.3. The van der Waals surface area contributed by atoms with Crippen LogP contribution >= 0.6 is 0 Å². The molecule has 1 heterocycles. The highest BCUT2D eigenvalue weighted by Gasteiger charge is 1.94. The topological polar surface area (TPSA) is 43.3 Å². The van der Waals surface area contributed by atoms with Crippen LogP contribution < -0.4 is 10.9 Å². The van der Waals surface area contributed by atoms with Gasteiger partial charge in [-0.1, -0.05) is 19.9 Å². The van der Waals surface area contributed by atoms with Crippen LogP contribution in [0.2, 0.25) is 0 Å². The SMILES string of the molecule is CC(C)NCCOCCn1ccccc1=O. The lowest BCUT2D eigenvalue weighted by molar-refractivity contribution is 0.126. The Kier molecular flexibility index (Phi) is 5.82. The van der Waals surface area contributed by atoms with Crippen LogP contribution in [0.15, 0.2) is 29.2 Å². The normalized spacial score (nSPS) is 10.9. The molecule has 0 atom stereocenters. The van der Waals surface area contributed by atoms with Crippen LogP contribution in [0, 0.1) is 0 Å². The van der Waals surface area contributed by atoms with Gasteiger partial charge in [0.2, 0.25) is 0 Å². The van der Waals surface area contributed by atoms with E-state index in [1.54, 1.807) is 22.9 Å². The molecule has 0 amide bonds. The number of rotatable bonds is 7. The molecule has 0 fully saturated rings. The zero-order chi connectivity index (χ0) is 11.8. The molecule has 0 bridgehead atoms. The van der Waals surface area contributed by atoms with Gasteiger partial charge in [-0.2, -0.15) is 0 Å². The zero-order valence-corrected chi connectivity index (χ0v) is 9.98. The maximum atomic E-state index is 11.3. The van der Waals surface area contributed by atoms with Crippen molar-refractivity contribution in [3.8, 4) is 0 Å². The highest BCUT2D eigenvalue weighted by atomic mass is 16.5. The average Bonchev–Trinajstić information content (AvgIpc) is 2.25. The van der Waals surface area contributed by atoms with E-state index in [2.05, 4.69) is 19.2 Å². The zero-order valence-electron chi connectivity index (χ0n) is 9.98. The van der Waals surface area contributed by atoms with Crippen LogP contribution in [0.1, 0.15) is 13.8 Å². The van der Waals surface area contributed by atoms with Gasteiger partial charge >= 0.3 is 0 Å². The van der Waals surface area contributed by atoms with Crippen LogP contribution in [-0.4, -0.2) is 30.4 Å². The number of hydrogen-bond donors (Lipinski definition) is 1. The van der Waals surface area contributed by atoms with Gasteiger partial charge in [-0.05, 0) is 6.07 Å². The Morgan fingerprint density at radius 1 is 1.38 bits per heavy atom. The fraction of sp³-hybridized carbons (Fsp3) is 0.583. The number of nitrogens with zero attached hydrogens (tertiary/aromatic N) is 1. The van der Waals surface area contributed by atoms with Crippen LogP contribution in [0.3, 0.4) is 0 Å². The quantitative estimate of drug-likeness (QED) is 0.699. The second-order valence-corrected chi connectivity index (χ2v) is 3.95. The lowest BCUT2D eigenvalue weighted by Gasteiger charge is -2.09. The molecule has 0 aliphatic heterocycles. The number of nitrogens with one attached hydrogen (secondary N) is 1.